The second kappa shape index (κ2) is 10.2. The van der Waals surface area contributed by atoms with Gasteiger partial charge in [0.2, 0.25) is 5.91 Å². The third-order valence-corrected chi connectivity index (χ3v) is 6.75. The van der Waals surface area contributed by atoms with E-state index < -0.39 is 0 Å². The number of para-hydroxylation sites is 2. The van der Waals surface area contributed by atoms with Gasteiger partial charge in [-0.25, -0.2) is 4.99 Å². The summed E-state index contributed by atoms with van der Waals surface area (Å²) in [6, 6.07) is 23.8. The van der Waals surface area contributed by atoms with Crippen molar-refractivity contribution in [3.63, 3.8) is 0 Å². The lowest BCUT2D eigenvalue weighted by molar-refractivity contribution is -0.132. The average molecular weight is 470 g/mol. The van der Waals surface area contributed by atoms with Crippen molar-refractivity contribution >= 4 is 17.4 Å². The van der Waals surface area contributed by atoms with Crippen LogP contribution in [0.3, 0.4) is 0 Å². The summed E-state index contributed by atoms with van der Waals surface area (Å²) in [5.41, 5.74) is 2.78. The first kappa shape index (κ1) is 23.0. The summed E-state index contributed by atoms with van der Waals surface area (Å²) in [4.78, 5) is 22.9. The van der Waals surface area contributed by atoms with Crippen LogP contribution < -0.4 is 9.47 Å². The molecule has 1 atom stereocenters. The van der Waals surface area contributed by atoms with Gasteiger partial charge in [-0.05, 0) is 48.7 Å². The van der Waals surface area contributed by atoms with E-state index in [1.165, 1.54) is 0 Å². The van der Waals surface area contributed by atoms with E-state index in [9.17, 15) is 4.79 Å². The standard InChI is InChI=1S/C29H31N3O3/c1-3-23(21-10-5-4-6-11-21)29(33)32-17-9-16-31(18-19-32)28-24-20-22(34-2)14-15-26(24)35-27-13-8-7-12-25(27)30-28/h4-8,10-15,20,23H,3,9,16-19H2,1-2H3/t23-/m0/s1. The molecule has 0 radical (unpaired) electrons. The van der Waals surface area contributed by atoms with Crippen LogP contribution in [-0.4, -0.2) is 54.8 Å². The van der Waals surface area contributed by atoms with Crippen molar-refractivity contribution in [3.05, 3.63) is 83.9 Å². The second-order valence-electron chi connectivity index (χ2n) is 8.90. The minimum absolute atomic E-state index is 0.108. The number of hydrogen-bond donors (Lipinski definition) is 0. The van der Waals surface area contributed by atoms with Crippen LogP contribution in [-0.2, 0) is 4.79 Å². The predicted octanol–water partition coefficient (Wildman–Crippen LogP) is 5.61. The van der Waals surface area contributed by atoms with Crippen LogP contribution in [0.15, 0.2) is 77.8 Å². The summed E-state index contributed by atoms with van der Waals surface area (Å²) in [7, 11) is 1.66. The molecular weight excluding hydrogens is 438 g/mol. The Hall–Kier alpha value is -3.80. The topological polar surface area (TPSA) is 54.4 Å². The number of carbonyl (C=O) groups is 1. The maximum atomic E-state index is 13.5. The van der Waals surface area contributed by atoms with Gasteiger partial charge in [0.1, 0.15) is 23.0 Å². The minimum Gasteiger partial charge on any atom is -0.497 e. The van der Waals surface area contributed by atoms with E-state index in [2.05, 4.69) is 24.0 Å². The highest BCUT2D eigenvalue weighted by atomic mass is 16.5. The summed E-state index contributed by atoms with van der Waals surface area (Å²) >= 11 is 0. The first-order chi connectivity index (χ1) is 17.2. The number of benzene rings is 3. The Kier molecular flexibility index (Phi) is 6.70. The maximum Gasteiger partial charge on any atom is 0.230 e. The first-order valence-electron chi connectivity index (χ1n) is 12.3. The molecule has 1 fully saturated rings. The molecule has 0 spiro atoms. The Morgan fingerprint density at radius 1 is 0.971 bits per heavy atom. The third kappa shape index (κ3) is 4.74. The summed E-state index contributed by atoms with van der Waals surface area (Å²) in [6.07, 6.45) is 1.66. The van der Waals surface area contributed by atoms with Gasteiger partial charge in [-0.15, -0.1) is 0 Å². The lowest BCUT2D eigenvalue weighted by Gasteiger charge is -2.27. The highest BCUT2D eigenvalue weighted by molar-refractivity contribution is 6.04. The molecule has 6 nitrogen and oxygen atoms in total. The van der Waals surface area contributed by atoms with E-state index in [4.69, 9.17) is 14.5 Å². The molecule has 1 amide bonds. The van der Waals surface area contributed by atoms with Crippen LogP contribution in [0.5, 0.6) is 17.2 Å². The molecule has 5 rings (SSSR count). The number of hydrogen-bond acceptors (Lipinski definition) is 5. The van der Waals surface area contributed by atoms with Gasteiger partial charge >= 0.3 is 0 Å². The Morgan fingerprint density at radius 2 is 1.77 bits per heavy atom. The maximum absolute atomic E-state index is 13.5. The molecule has 0 aliphatic carbocycles. The Balaban J connectivity index is 1.42. The van der Waals surface area contributed by atoms with E-state index >= 15 is 0 Å². The van der Waals surface area contributed by atoms with E-state index in [0.29, 0.717) is 13.1 Å². The van der Waals surface area contributed by atoms with Crippen molar-refractivity contribution < 1.29 is 14.3 Å². The average Bonchev–Trinajstić information content (AvgIpc) is 3.24. The van der Waals surface area contributed by atoms with E-state index in [1.54, 1.807) is 7.11 Å². The Bertz CT molecular complexity index is 1220. The number of methoxy groups -OCH3 is 1. The zero-order chi connectivity index (χ0) is 24.2. The molecule has 2 aliphatic rings. The summed E-state index contributed by atoms with van der Waals surface area (Å²) in [6.45, 7) is 4.99. The molecular formula is C29H31N3O3. The van der Waals surface area contributed by atoms with Crippen molar-refractivity contribution in [3.8, 4) is 17.2 Å². The number of carbonyl (C=O) groups excluding carboxylic acids is 1. The summed E-state index contributed by atoms with van der Waals surface area (Å²) in [5, 5.41) is 0. The SMILES string of the molecule is CC[C@H](C(=O)N1CCCN(C2=Nc3ccccc3Oc3ccc(OC)cc32)CC1)c1ccccc1. The van der Waals surface area contributed by atoms with Gasteiger partial charge in [0.25, 0.3) is 0 Å². The molecule has 3 aromatic rings. The van der Waals surface area contributed by atoms with Gasteiger partial charge < -0.3 is 19.3 Å². The lowest BCUT2D eigenvalue weighted by Crippen LogP contribution is -2.39. The van der Waals surface area contributed by atoms with Crippen LogP contribution in [0.4, 0.5) is 5.69 Å². The molecule has 1 saturated heterocycles. The van der Waals surface area contributed by atoms with Gasteiger partial charge in [-0.2, -0.15) is 0 Å². The molecule has 2 aliphatic heterocycles. The number of amidine groups is 1. The second-order valence-corrected chi connectivity index (χ2v) is 8.90. The van der Waals surface area contributed by atoms with E-state index in [0.717, 1.165) is 65.8 Å². The van der Waals surface area contributed by atoms with Crippen molar-refractivity contribution in [2.24, 2.45) is 4.99 Å². The predicted molar refractivity (Wildman–Crippen MR) is 138 cm³/mol. The fourth-order valence-electron chi connectivity index (χ4n) is 4.88. The number of aliphatic imine (C=N–C) groups is 1. The van der Waals surface area contributed by atoms with Gasteiger partial charge in [0, 0.05) is 26.2 Å². The summed E-state index contributed by atoms with van der Waals surface area (Å²) in [5.74, 6) is 3.19. The van der Waals surface area contributed by atoms with Crippen LogP contribution in [0.25, 0.3) is 0 Å². The largest absolute Gasteiger partial charge is 0.497 e. The number of ether oxygens (including phenoxy) is 2. The van der Waals surface area contributed by atoms with Crippen molar-refractivity contribution in [1.29, 1.82) is 0 Å². The fraction of sp³-hybridized carbons (Fsp3) is 0.310. The summed E-state index contributed by atoms with van der Waals surface area (Å²) < 4.78 is 11.8. The highest BCUT2D eigenvalue weighted by Gasteiger charge is 2.29. The number of amides is 1. The smallest absolute Gasteiger partial charge is 0.230 e. The molecule has 0 bridgehead atoms. The zero-order valence-electron chi connectivity index (χ0n) is 20.3. The Labute approximate surface area is 206 Å². The van der Waals surface area contributed by atoms with Crippen LogP contribution in [0.2, 0.25) is 0 Å². The van der Waals surface area contributed by atoms with Crippen molar-refractivity contribution in [1.82, 2.24) is 9.80 Å². The highest BCUT2D eigenvalue weighted by Crippen LogP contribution is 2.39. The third-order valence-electron chi connectivity index (χ3n) is 6.75. The normalized spacial score (nSPS) is 16.1. The van der Waals surface area contributed by atoms with Gasteiger partial charge in [0.05, 0.1) is 18.6 Å². The molecule has 0 unspecified atom stereocenters. The van der Waals surface area contributed by atoms with E-state index in [1.807, 2.05) is 65.6 Å². The zero-order valence-corrected chi connectivity index (χ0v) is 20.3. The quantitative estimate of drug-likeness (QED) is 0.499. The monoisotopic (exact) mass is 469 g/mol. The molecule has 0 N–H and O–H groups in total. The number of rotatable bonds is 4. The molecule has 3 aromatic carbocycles. The van der Waals surface area contributed by atoms with Crippen LogP contribution >= 0.6 is 0 Å². The van der Waals surface area contributed by atoms with Gasteiger partial charge in [-0.3, -0.25) is 4.79 Å². The van der Waals surface area contributed by atoms with Gasteiger partial charge in [-0.1, -0.05) is 49.4 Å². The molecule has 2 heterocycles. The fourth-order valence-corrected chi connectivity index (χ4v) is 4.88. The lowest BCUT2D eigenvalue weighted by atomic mass is 9.95. The Morgan fingerprint density at radius 3 is 2.57 bits per heavy atom. The minimum atomic E-state index is -0.108. The molecule has 0 aromatic heterocycles. The molecule has 35 heavy (non-hydrogen) atoms. The van der Waals surface area contributed by atoms with Crippen LogP contribution in [0.1, 0.15) is 36.8 Å². The van der Waals surface area contributed by atoms with Crippen molar-refractivity contribution in [2.75, 3.05) is 33.3 Å². The number of fused-ring (bicyclic) bond motifs is 2. The first-order valence-corrected chi connectivity index (χ1v) is 12.3. The molecule has 6 heteroatoms. The molecule has 180 valence electrons. The molecule has 0 saturated carbocycles. The van der Waals surface area contributed by atoms with Crippen LogP contribution in [0, 0.1) is 0 Å². The number of nitrogens with zero attached hydrogens (tertiary/aromatic N) is 3. The van der Waals surface area contributed by atoms with E-state index in [-0.39, 0.29) is 11.8 Å². The van der Waals surface area contributed by atoms with Crippen molar-refractivity contribution in [2.45, 2.75) is 25.7 Å². The van der Waals surface area contributed by atoms with Gasteiger partial charge in [0.15, 0.2) is 5.75 Å².